The smallest absolute Gasteiger partial charge is 0.408 e. The molecule has 1 aliphatic heterocycles. The molecule has 1 saturated heterocycles. The third kappa shape index (κ3) is 8.47. The van der Waals surface area contributed by atoms with Crippen molar-refractivity contribution in [2.24, 2.45) is 4.99 Å². The lowest BCUT2D eigenvalue weighted by molar-refractivity contribution is -0.119. The molecule has 1 aromatic rings. The largest absolute Gasteiger partial charge is 0.444 e. The van der Waals surface area contributed by atoms with Gasteiger partial charge in [-0.1, -0.05) is 12.1 Å². The van der Waals surface area contributed by atoms with E-state index >= 15 is 0 Å². The molecule has 0 spiro atoms. The summed E-state index contributed by atoms with van der Waals surface area (Å²) in [6, 6.07) is 8.02. The number of alkyl carbamates (subject to hydrolysis) is 1. The molecule has 0 unspecified atom stereocenters. The van der Waals surface area contributed by atoms with Crippen LogP contribution in [0.2, 0.25) is 0 Å². The highest BCUT2D eigenvalue weighted by Gasteiger charge is 2.25. The standard InChI is InChI=1S/C23H37N5O3/c1-22(2,3)31-21(30)27-23(4,5)16-26-20(24-6)25-15-17-10-12-18(13-11-17)28-14-8-7-9-19(28)29/h10-13H,7-9,14-16H2,1-6H3,(H,27,30)(H2,24,25,26). The SMILES string of the molecule is CN=C(NCc1ccc(N2CCCCC2=O)cc1)NCC(C)(C)NC(=O)OC(C)(C)C. The molecule has 0 saturated carbocycles. The number of piperidine rings is 1. The molecule has 0 radical (unpaired) electrons. The van der Waals surface area contributed by atoms with Gasteiger partial charge in [-0.3, -0.25) is 9.79 Å². The summed E-state index contributed by atoms with van der Waals surface area (Å²) in [5.41, 5.74) is 0.971. The first kappa shape index (κ1) is 24.5. The van der Waals surface area contributed by atoms with Gasteiger partial charge in [-0.05, 0) is 65.2 Å². The second kappa shape index (κ2) is 10.5. The molecule has 1 aliphatic rings. The topological polar surface area (TPSA) is 95.1 Å². The molecule has 1 aromatic carbocycles. The Morgan fingerprint density at radius 1 is 1.10 bits per heavy atom. The Morgan fingerprint density at radius 3 is 2.35 bits per heavy atom. The molecule has 0 atom stereocenters. The van der Waals surface area contributed by atoms with E-state index in [1.165, 1.54) is 0 Å². The lowest BCUT2D eigenvalue weighted by Gasteiger charge is -2.29. The van der Waals surface area contributed by atoms with E-state index in [2.05, 4.69) is 20.9 Å². The number of hydrogen-bond donors (Lipinski definition) is 3. The maximum atomic E-state index is 12.1. The summed E-state index contributed by atoms with van der Waals surface area (Å²) in [4.78, 5) is 30.2. The molecule has 1 heterocycles. The van der Waals surface area contributed by atoms with Gasteiger partial charge < -0.3 is 25.6 Å². The van der Waals surface area contributed by atoms with Crippen LogP contribution >= 0.6 is 0 Å². The molecule has 3 N–H and O–H groups in total. The van der Waals surface area contributed by atoms with Crippen molar-refractivity contribution in [1.82, 2.24) is 16.0 Å². The minimum Gasteiger partial charge on any atom is -0.444 e. The molecule has 8 nitrogen and oxygen atoms in total. The van der Waals surface area contributed by atoms with Gasteiger partial charge in [0.1, 0.15) is 5.60 Å². The zero-order valence-electron chi connectivity index (χ0n) is 19.7. The van der Waals surface area contributed by atoms with E-state index in [1.807, 2.05) is 63.8 Å². The molecule has 0 aliphatic carbocycles. The monoisotopic (exact) mass is 431 g/mol. The summed E-state index contributed by atoms with van der Waals surface area (Å²) < 4.78 is 5.32. The van der Waals surface area contributed by atoms with Crippen molar-refractivity contribution < 1.29 is 14.3 Å². The van der Waals surface area contributed by atoms with Crippen LogP contribution in [0.25, 0.3) is 0 Å². The van der Waals surface area contributed by atoms with Gasteiger partial charge in [-0.2, -0.15) is 0 Å². The number of anilines is 1. The maximum absolute atomic E-state index is 12.1. The van der Waals surface area contributed by atoms with Crippen LogP contribution in [0.3, 0.4) is 0 Å². The van der Waals surface area contributed by atoms with Gasteiger partial charge >= 0.3 is 6.09 Å². The van der Waals surface area contributed by atoms with Crippen molar-refractivity contribution in [2.75, 3.05) is 25.0 Å². The van der Waals surface area contributed by atoms with Crippen molar-refractivity contribution in [3.8, 4) is 0 Å². The fraction of sp³-hybridized carbons (Fsp3) is 0.609. The fourth-order valence-corrected chi connectivity index (χ4v) is 3.21. The van der Waals surface area contributed by atoms with Gasteiger partial charge in [0.25, 0.3) is 0 Å². The Kier molecular flexibility index (Phi) is 8.30. The number of nitrogens with zero attached hydrogens (tertiary/aromatic N) is 2. The minimum atomic E-state index is -0.540. The van der Waals surface area contributed by atoms with Crippen molar-refractivity contribution in [2.45, 2.75) is 71.6 Å². The Balaban J connectivity index is 1.82. The summed E-state index contributed by atoms with van der Waals surface area (Å²) in [6.45, 7) is 11.2. The van der Waals surface area contributed by atoms with Crippen molar-refractivity contribution >= 4 is 23.6 Å². The van der Waals surface area contributed by atoms with Gasteiger partial charge in [0.15, 0.2) is 5.96 Å². The Labute approximate surface area is 185 Å². The normalized spacial score (nSPS) is 15.5. The van der Waals surface area contributed by atoms with E-state index in [0.717, 1.165) is 30.6 Å². The van der Waals surface area contributed by atoms with E-state index in [1.54, 1.807) is 7.05 Å². The second-order valence-electron chi connectivity index (χ2n) is 9.46. The van der Waals surface area contributed by atoms with Crippen LogP contribution in [-0.2, 0) is 16.1 Å². The van der Waals surface area contributed by atoms with Crippen LogP contribution in [0, 0.1) is 0 Å². The van der Waals surface area contributed by atoms with Gasteiger partial charge in [-0.15, -0.1) is 0 Å². The first-order valence-electron chi connectivity index (χ1n) is 10.8. The number of benzene rings is 1. The summed E-state index contributed by atoms with van der Waals surface area (Å²) >= 11 is 0. The molecule has 2 amide bonds. The first-order valence-corrected chi connectivity index (χ1v) is 10.8. The van der Waals surface area contributed by atoms with Crippen molar-refractivity contribution in [3.05, 3.63) is 29.8 Å². The highest BCUT2D eigenvalue weighted by Crippen LogP contribution is 2.21. The average molecular weight is 432 g/mol. The molecular formula is C23H37N5O3. The molecule has 31 heavy (non-hydrogen) atoms. The van der Waals surface area contributed by atoms with E-state index in [0.29, 0.717) is 25.5 Å². The molecular weight excluding hydrogens is 394 g/mol. The summed E-state index contributed by atoms with van der Waals surface area (Å²) in [5.74, 6) is 0.832. The van der Waals surface area contributed by atoms with Crippen molar-refractivity contribution in [3.63, 3.8) is 0 Å². The summed E-state index contributed by atoms with van der Waals surface area (Å²) in [5, 5.41) is 9.37. The quantitative estimate of drug-likeness (QED) is 0.475. The van der Waals surface area contributed by atoms with Crippen LogP contribution in [0.15, 0.2) is 29.3 Å². The zero-order chi connectivity index (χ0) is 23.1. The third-order valence-electron chi connectivity index (χ3n) is 4.79. The van der Waals surface area contributed by atoms with Crippen LogP contribution in [0.5, 0.6) is 0 Å². The molecule has 0 bridgehead atoms. The number of hydrogen-bond acceptors (Lipinski definition) is 4. The number of amides is 2. The maximum Gasteiger partial charge on any atom is 0.408 e. The number of nitrogens with one attached hydrogen (secondary N) is 3. The third-order valence-corrected chi connectivity index (χ3v) is 4.79. The highest BCUT2D eigenvalue weighted by molar-refractivity contribution is 5.94. The van der Waals surface area contributed by atoms with Gasteiger partial charge in [0, 0.05) is 38.8 Å². The number of ether oxygens (including phenoxy) is 1. The fourth-order valence-electron chi connectivity index (χ4n) is 3.21. The van der Waals surface area contributed by atoms with Crippen LogP contribution in [0.4, 0.5) is 10.5 Å². The molecule has 0 aromatic heterocycles. The minimum absolute atomic E-state index is 0.198. The highest BCUT2D eigenvalue weighted by atomic mass is 16.6. The van der Waals surface area contributed by atoms with Gasteiger partial charge in [0.05, 0.1) is 5.54 Å². The molecule has 2 rings (SSSR count). The zero-order valence-corrected chi connectivity index (χ0v) is 19.7. The molecule has 1 fully saturated rings. The molecule has 172 valence electrons. The lowest BCUT2D eigenvalue weighted by atomic mass is 10.1. The Hall–Kier alpha value is -2.77. The van der Waals surface area contributed by atoms with Crippen LogP contribution in [-0.4, -0.2) is 49.2 Å². The van der Waals surface area contributed by atoms with E-state index in [4.69, 9.17) is 4.74 Å². The predicted octanol–water partition coefficient (Wildman–Crippen LogP) is 3.17. The number of carbonyl (C=O) groups is 2. The van der Waals surface area contributed by atoms with Crippen LogP contribution in [0.1, 0.15) is 59.4 Å². The number of guanidine groups is 1. The van der Waals surface area contributed by atoms with E-state index in [-0.39, 0.29) is 5.91 Å². The van der Waals surface area contributed by atoms with Crippen molar-refractivity contribution in [1.29, 1.82) is 0 Å². The van der Waals surface area contributed by atoms with E-state index < -0.39 is 17.2 Å². The second-order valence-corrected chi connectivity index (χ2v) is 9.46. The molecule has 8 heteroatoms. The lowest BCUT2D eigenvalue weighted by Crippen LogP contribution is -2.54. The number of aliphatic imine (C=N–C) groups is 1. The first-order chi connectivity index (χ1) is 14.5. The Bertz CT molecular complexity index is 781. The van der Waals surface area contributed by atoms with Gasteiger partial charge in [-0.25, -0.2) is 4.79 Å². The predicted molar refractivity (Wildman–Crippen MR) is 124 cm³/mol. The average Bonchev–Trinajstić information content (AvgIpc) is 2.67. The van der Waals surface area contributed by atoms with Gasteiger partial charge in [0.2, 0.25) is 5.91 Å². The van der Waals surface area contributed by atoms with E-state index in [9.17, 15) is 9.59 Å². The number of rotatable bonds is 6. The number of carbonyl (C=O) groups excluding carboxylic acids is 2. The Morgan fingerprint density at radius 2 is 1.77 bits per heavy atom. The summed E-state index contributed by atoms with van der Waals surface area (Å²) in [7, 11) is 1.70. The summed E-state index contributed by atoms with van der Waals surface area (Å²) in [6.07, 6.45) is 2.21. The van der Waals surface area contributed by atoms with Crippen LogP contribution < -0.4 is 20.9 Å².